The molecule has 1 aromatic carbocycles. The predicted molar refractivity (Wildman–Crippen MR) is 93.8 cm³/mol. The molecule has 3 N–H and O–H groups in total. The molecule has 0 aliphatic carbocycles. The quantitative estimate of drug-likeness (QED) is 0.545. The molecule has 2 heterocycles. The second-order valence-electron chi connectivity index (χ2n) is 5.03. The van der Waals surface area contributed by atoms with Gasteiger partial charge in [0.25, 0.3) is 0 Å². The first-order chi connectivity index (χ1) is 11.6. The summed E-state index contributed by atoms with van der Waals surface area (Å²) in [5.41, 5.74) is 1.51. The van der Waals surface area contributed by atoms with Gasteiger partial charge in [0, 0.05) is 23.6 Å². The first-order valence-electron chi connectivity index (χ1n) is 7.28. The van der Waals surface area contributed by atoms with E-state index in [-0.39, 0.29) is 11.2 Å². The number of nitrogens with zero attached hydrogens (tertiary/aromatic N) is 4. The first kappa shape index (κ1) is 16.0. The van der Waals surface area contributed by atoms with Crippen LogP contribution in [0.3, 0.4) is 0 Å². The molecule has 3 aromatic rings. The Bertz CT molecular complexity index is 821. The topological polar surface area (TPSA) is 98.7 Å². The molecule has 7 nitrogen and oxygen atoms in total. The van der Waals surface area contributed by atoms with E-state index in [0.717, 1.165) is 11.3 Å². The fraction of sp³-hybridized carbons (Fsp3) is 0.125. The van der Waals surface area contributed by atoms with E-state index in [1.54, 1.807) is 25.4 Å². The van der Waals surface area contributed by atoms with Gasteiger partial charge >= 0.3 is 0 Å². The van der Waals surface area contributed by atoms with E-state index in [4.69, 9.17) is 5.84 Å². The van der Waals surface area contributed by atoms with Crippen molar-refractivity contribution in [3.8, 4) is 11.4 Å². The van der Waals surface area contributed by atoms with Crippen LogP contribution in [-0.2, 0) is 4.79 Å². The number of nitrogens with two attached hydrogens (primary N) is 1. The highest BCUT2D eigenvalue weighted by Gasteiger charge is 2.20. The second kappa shape index (κ2) is 7.14. The summed E-state index contributed by atoms with van der Waals surface area (Å²) in [6.07, 6.45) is 3.33. The number of amides is 1. The van der Waals surface area contributed by atoms with Gasteiger partial charge in [-0.2, -0.15) is 0 Å². The third-order valence-corrected chi connectivity index (χ3v) is 4.33. The summed E-state index contributed by atoms with van der Waals surface area (Å²) in [5, 5.41) is 11.1. The Balaban J connectivity index is 1.70. The Morgan fingerprint density at radius 2 is 2.00 bits per heavy atom. The molecule has 1 amide bonds. The van der Waals surface area contributed by atoms with Crippen molar-refractivity contribution in [3.05, 3.63) is 54.9 Å². The van der Waals surface area contributed by atoms with Crippen LogP contribution in [0.15, 0.2) is 60.0 Å². The lowest BCUT2D eigenvalue weighted by Crippen LogP contribution is -2.23. The van der Waals surface area contributed by atoms with Crippen molar-refractivity contribution in [2.75, 3.05) is 11.2 Å². The molecule has 0 radical (unpaired) electrons. The number of nitrogen functional groups attached to an aromatic ring is 1. The summed E-state index contributed by atoms with van der Waals surface area (Å²) in [6.45, 7) is 1.79. The number of carbonyl (C=O) groups excluding carboxylic acids is 1. The molecule has 0 saturated heterocycles. The Kier molecular flexibility index (Phi) is 4.76. The number of hydrogen-bond acceptors (Lipinski definition) is 6. The van der Waals surface area contributed by atoms with Crippen molar-refractivity contribution in [3.63, 3.8) is 0 Å². The number of nitrogens with one attached hydrogen (secondary N) is 1. The number of para-hydroxylation sites is 1. The molecule has 0 saturated carbocycles. The van der Waals surface area contributed by atoms with E-state index in [0.29, 0.717) is 11.0 Å². The molecule has 8 heteroatoms. The van der Waals surface area contributed by atoms with E-state index in [2.05, 4.69) is 20.5 Å². The average Bonchev–Trinajstić information content (AvgIpc) is 2.97. The Labute approximate surface area is 143 Å². The van der Waals surface area contributed by atoms with Gasteiger partial charge in [-0.1, -0.05) is 30.0 Å². The summed E-state index contributed by atoms with van der Waals surface area (Å²) >= 11 is 1.24. The second-order valence-corrected chi connectivity index (χ2v) is 6.34. The van der Waals surface area contributed by atoms with Crippen molar-refractivity contribution >= 4 is 23.4 Å². The molecule has 0 spiro atoms. The molecular weight excluding hydrogens is 324 g/mol. The Morgan fingerprint density at radius 3 is 2.71 bits per heavy atom. The van der Waals surface area contributed by atoms with Crippen LogP contribution in [-0.4, -0.2) is 31.0 Å². The van der Waals surface area contributed by atoms with Crippen molar-refractivity contribution < 1.29 is 4.79 Å². The van der Waals surface area contributed by atoms with Gasteiger partial charge in [-0.05, 0) is 31.2 Å². The standard InChI is InChI=1S/C16H16N6OS/c1-11(15(23)19-13-7-3-2-4-8-13)24-16-21-20-14(22(16)17)12-6-5-9-18-10-12/h2-11H,17H2,1H3,(H,19,23)/t11-/m1/s1. The first-order valence-corrected chi connectivity index (χ1v) is 8.16. The zero-order valence-corrected chi connectivity index (χ0v) is 13.8. The van der Waals surface area contributed by atoms with E-state index >= 15 is 0 Å². The van der Waals surface area contributed by atoms with Gasteiger partial charge < -0.3 is 11.2 Å². The molecule has 0 aliphatic rings. The molecule has 24 heavy (non-hydrogen) atoms. The van der Waals surface area contributed by atoms with Gasteiger partial charge in [-0.3, -0.25) is 9.78 Å². The van der Waals surface area contributed by atoms with Gasteiger partial charge in [-0.15, -0.1) is 10.2 Å². The lowest BCUT2D eigenvalue weighted by atomic mass is 10.3. The number of anilines is 1. The monoisotopic (exact) mass is 340 g/mol. The van der Waals surface area contributed by atoms with Crippen molar-refractivity contribution in [2.24, 2.45) is 0 Å². The van der Waals surface area contributed by atoms with Crippen LogP contribution in [0.5, 0.6) is 0 Å². The highest BCUT2D eigenvalue weighted by Crippen LogP contribution is 2.25. The highest BCUT2D eigenvalue weighted by atomic mass is 32.2. The zero-order valence-electron chi connectivity index (χ0n) is 13.0. The number of rotatable bonds is 5. The third-order valence-electron chi connectivity index (χ3n) is 3.28. The fourth-order valence-corrected chi connectivity index (χ4v) is 2.80. The van der Waals surface area contributed by atoms with Gasteiger partial charge in [0.1, 0.15) is 0 Å². The van der Waals surface area contributed by atoms with Gasteiger partial charge in [0.2, 0.25) is 11.1 Å². The van der Waals surface area contributed by atoms with Gasteiger partial charge in [0.05, 0.1) is 5.25 Å². The maximum Gasteiger partial charge on any atom is 0.237 e. The minimum Gasteiger partial charge on any atom is -0.335 e. The van der Waals surface area contributed by atoms with Crippen LogP contribution in [0.25, 0.3) is 11.4 Å². The van der Waals surface area contributed by atoms with E-state index in [9.17, 15) is 4.79 Å². The predicted octanol–water partition coefficient (Wildman–Crippen LogP) is 2.17. The third kappa shape index (κ3) is 3.54. The van der Waals surface area contributed by atoms with Crippen LogP contribution >= 0.6 is 11.8 Å². The van der Waals surface area contributed by atoms with Crippen LogP contribution in [0, 0.1) is 0 Å². The molecule has 2 aromatic heterocycles. The summed E-state index contributed by atoms with van der Waals surface area (Å²) in [4.78, 5) is 16.3. The number of pyridine rings is 1. The van der Waals surface area contributed by atoms with Crippen molar-refractivity contribution in [1.29, 1.82) is 0 Å². The van der Waals surface area contributed by atoms with E-state index < -0.39 is 0 Å². The summed E-state index contributed by atoms with van der Waals surface area (Å²) in [7, 11) is 0. The van der Waals surface area contributed by atoms with Crippen LogP contribution in [0.4, 0.5) is 5.69 Å². The highest BCUT2D eigenvalue weighted by molar-refractivity contribution is 8.00. The number of carbonyl (C=O) groups is 1. The Morgan fingerprint density at radius 1 is 1.21 bits per heavy atom. The molecular formula is C16H16N6OS. The SMILES string of the molecule is C[C@@H](Sc1nnc(-c2cccnc2)n1N)C(=O)Nc1ccccc1. The molecule has 122 valence electrons. The number of benzene rings is 1. The minimum atomic E-state index is -0.376. The van der Waals surface area contributed by atoms with E-state index in [1.165, 1.54) is 16.4 Å². The summed E-state index contributed by atoms with van der Waals surface area (Å²) < 4.78 is 1.37. The largest absolute Gasteiger partial charge is 0.335 e. The normalized spacial score (nSPS) is 11.9. The summed E-state index contributed by atoms with van der Waals surface area (Å²) in [6, 6.07) is 12.9. The number of thioether (sulfide) groups is 1. The molecule has 3 rings (SSSR count). The van der Waals surface area contributed by atoms with Crippen molar-refractivity contribution in [1.82, 2.24) is 19.9 Å². The van der Waals surface area contributed by atoms with E-state index in [1.807, 2.05) is 36.4 Å². The number of hydrogen-bond donors (Lipinski definition) is 2. The Hall–Kier alpha value is -2.87. The van der Waals surface area contributed by atoms with Crippen LogP contribution < -0.4 is 11.2 Å². The fourth-order valence-electron chi connectivity index (χ4n) is 2.03. The average molecular weight is 340 g/mol. The smallest absolute Gasteiger partial charge is 0.237 e. The number of aromatic nitrogens is 4. The molecule has 0 aliphatic heterocycles. The molecule has 0 unspecified atom stereocenters. The molecule has 0 fully saturated rings. The minimum absolute atomic E-state index is 0.128. The van der Waals surface area contributed by atoms with Gasteiger partial charge in [0.15, 0.2) is 5.82 Å². The maximum absolute atomic E-state index is 12.3. The zero-order chi connectivity index (χ0) is 16.9. The molecule has 1 atom stereocenters. The lowest BCUT2D eigenvalue weighted by molar-refractivity contribution is -0.115. The van der Waals surface area contributed by atoms with Crippen LogP contribution in [0.2, 0.25) is 0 Å². The molecule has 0 bridgehead atoms. The summed E-state index contributed by atoms with van der Waals surface area (Å²) in [5.74, 6) is 6.42. The van der Waals surface area contributed by atoms with Gasteiger partial charge in [-0.25, -0.2) is 4.68 Å². The lowest BCUT2D eigenvalue weighted by Gasteiger charge is -2.11. The van der Waals surface area contributed by atoms with Crippen LogP contribution in [0.1, 0.15) is 6.92 Å². The maximum atomic E-state index is 12.3. The van der Waals surface area contributed by atoms with Crippen molar-refractivity contribution in [2.45, 2.75) is 17.3 Å².